The molecule has 2 fully saturated rings. The fourth-order valence-electron chi connectivity index (χ4n) is 4.48. The molecule has 8 heteroatoms. The van der Waals surface area contributed by atoms with Gasteiger partial charge in [0.25, 0.3) is 0 Å². The average molecular weight is 519 g/mol. The molecule has 2 atom stereocenters. The highest BCUT2D eigenvalue weighted by molar-refractivity contribution is 6.74. The molecule has 0 aromatic heterocycles. The third-order valence-electron chi connectivity index (χ3n) is 7.81. The zero-order valence-corrected chi connectivity index (χ0v) is 24.5. The standard InChI is InChI=1S/C28H46N2O5Si/c1-27(2,3)35-25(31)29-17-14-21(15-18-29)16-19-30-23(20-33-36(7,8)28(4,5)6)24(34-26(30)32)22-12-10-9-11-13-22/h9-13,21,23-24H,14-20H2,1-8H3/t23-,24?/m1/s1. The molecular weight excluding hydrogens is 472 g/mol. The van der Waals surface area contributed by atoms with E-state index in [4.69, 9.17) is 13.9 Å². The van der Waals surface area contributed by atoms with Gasteiger partial charge in [-0.3, -0.25) is 4.90 Å². The zero-order chi connectivity index (χ0) is 26.7. The maximum Gasteiger partial charge on any atom is 0.410 e. The minimum absolute atomic E-state index is 0.0889. The predicted molar refractivity (Wildman–Crippen MR) is 144 cm³/mol. The summed E-state index contributed by atoms with van der Waals surface area (Å²) in [5.74, 6) is 0.453. The van der Waals surface area contributed by atoms with Gasteiger partial charge in [-0.1, -0.05) is 51.1 Å². The number of cyclic esters (lactones) is 1. The Hall–Kier alpha value is -2.06. The molecule has 2 aliphatic rings. The van der Waals surface area contributed by atoms with Crippen LogP contribution >= 0.6 is 0 Å². The second-order valence-electron chi connectivity index (χ2n) is 12.7. The molecule has 1 unspecified atom stereocenters. The maximum atomic E-state index is 13.0. The van der Waals surface area contributed by atoms with E-state index in [0.717, 1.165) is 24.8 Å². The lowest BCUT2D eigenvalue weighted by Gasteiger charge is -2.38. The molecule has 1 aromatic carbocycles. The normalized spacial score (nSPS) is 22.1. The Balaban J connectivity index is 1.63. The van der Waals surface area contributed by atoms with Crippen molar-refractivity contribution in [2.75, 3.05) is 26.2 Å². The van der Waals surface area contributed by atoms with E-state index >= 15 is 0 Å². The van der Waals surface area contributed by atoms with Crippen molar-refractivity contribution in [3.8, 4) is 0 Å². The van der Waals surface area contributed by atoms with Crippen molar-refractivity contribution in [1.29, 1.82) is 0 Å². The summed E-state index contributed by atoms with van der Waals surface area (Å²) in [6.07, 6.45) is 1.87. The second kappa shape index (κ2) is 11.1. The maximum absolute atomic E-state index is 13.0. The number of hydrogen-bond donors (Lipinski definition) is 0. The van der Waals surface area contributed by atoms with Crippen molar-refractivity contribution < 1.29 is 23.5 Å². The third kappa shape index (κ3) is 7.25. The Bertz CT molecular complexity index is 885. The van der Waals surface area contributed by atoms with Crippen LogP contribution in [0.4, 0.5) is 9.59 Å². The number of amides is 2. The lowest BCUT2D eigenvalue weighted by atomic mass is 9.93. The largest absolute Gasteiger partial charge is 0.444 e. The highest BCUT2D eigenvalue weighted by atomic mass is 28.4. The van der Waals surface area contributed by atoms with Gasteiger partial charge in [-0.25, -0.2) is 9.59 Å². The van der Waals surface area contributed by atoms with Crippen molar-refractivity contribution in [1.82, 2.24) is 9.80 Å². The van der Waals surface area contributed by atoms with Gasteiger partial charge < -0.3 is 18.8 Å². The first-order chi connectivity index (χ1) is 16.7. The Morgan fingerprint density at radius 2 is 1.67 bits per heavy atom. The molecule has 0 N–H and O–H groups in total. The van der Waals surface area contributed by atoms with Crippen LogP contribution in [0.5, 0.6) is 0 Å². The molecule has 36 heavy (non-hydrogen) atoms. The molecule has 2 amide bonds. The number of piperidine rings is 1. The lowest BCUT2D eigenvalue weighted by molar-refractivity contribution is 0.0178. The SMILES string of the molecule is CC(C)(C)OC(=O)N1CCC(CCN2C(=O)OC(c3ccccc3)[C@H]2CO[Si](C)(C)C(C)(C)C)CC1. The second-order valence-corrected chi connectivity index (χ2v) is 17.6. The summed E-state index contributed by atoms with van der Waals surface area (Å²) < 4.78 is 18.0. The average Bonchev–Trinajstić information content (AvgIpc) is 3.10. The van der Waals surface area contributed by atoms with Crippen LogP contribution in [0.15, 0.2) is 30.3 Å². The van der Waals surface area contributed by atoms with Gasteiger partial charge in [0, 0.05) is 19.6 Å². The monoisotopic (exact) mass is 518 g/mol. The van der Waals surface area contributed by atoms with E-state index in [9.17, 15) is 9.59 Å². The van der Waals surface area contributed by atoms with Gasteiger partial charge in [0.05, 0.1) is 12.6 Å². The van der Waals surface area contributed by atoms with Crippen LogP contribution < -0.4 is 0 Å². The van der Waals surface area contributed by atoms with Crippen molar-refractivity contribution in [2.24, 2.45) is 5.92 Å². The van der Waals surface area contributed by atoms with Crippen molar-refractivity contribution in [3.63, 3.8) is 0 Å². The Morgan fingerprint density at radius 3 is 2.22 bits per heavy atom. The van der Waals surface area contributed by atoms with Crippen LogP contribution in [-0.2, 0) is 13.9 Å². The zero-order valence-electron chi connectivity index (χ0n) is 23.5. The third-order valence-corrected chi connectivity index (χ3v) is 12.3. The molecule has 0 bridgehead atoms. The molecule has 7 nitrogen and oxygen atoms in total. The Kier molecular flexibility index (Phi) is 8.81. The molecule has 3 rings (SSSR count). The molecule has 0 radical (unpaired) electrons. The smallest absolute Gasteiger partial charge is 0.410 e. The fraction of sp³-hybridized carbons (Fsp3) is 0.714. The highest BCUT2D eigenvalue weighted by Gasteiger charge is 2.45. The van der Waals surface area contributed by atoms with E-state index in [2.05, 4.69) is 33.9 Å². The summed E-state index contributed by atoms with van der Waals surface area (Å²) in [6, 6.07) is 9.82. The molecule has 0 spiro atoms. The summed E-state index contributed by atoms with van der Waals surface area (Å²) >= 11 is 0. The molecule has 0 saturated carbocycles. The van der Waals surface area contributed by atoms with Gasteiger partial charge in [0.15, 0.2) is 14.4 Å². The van der Waals surface area contributed by atoms with E-state index in [1.54, 1.807) is 4.90 Å². The van der Waals surface area contributed by atoms with E-state index in [1.807, 2.05) is 56.0 Å². The molecule has 2 aliphatic heterocycles. The van der Waals surface area contributed by atoms with Crippen LogP contribution in [0.3, 0.4) is 0 Å². The predicted octanol–water partition coefficient (Wildman–Crippen LogP) is 6.61. The minimum Gasteiger partial charge on any atom is -0.444 e. The minimum atomic E-state index is -1.99. The van der Waals surface area contributed by atoms with Crippen molar-refractivity contribution >= 4 is 20.5 Å². The van der Waals surface area contributed by atoms with Gasteiger partial charge in [0.1, 0.15) is 5.60 Å². The van der Waals surface area contributed by atoms with Crippen LogP contribution in [-0.4, -0.2) is 68.2 Å². The van der Waals surface area contributed by atoms with Crippen LogP contribution in [0.2, 0.25) is 18.1 Å². The topological polar surface area (TPSA) is 68.3 Å². The van der Waals surface area contributed by atoms with E-state index in [0.29, 0.717) is 32.2 Å². The van der Waals surface area contributed by atoms with Crippen molar-refractivity contribution in [2.45, 2.75) is 96.7 Å². The lowest BCUT2D eigenvalue weighted by Crippen LogP contribution is -2.47. The first-order valence-electron chi connectivity index (χ1n) is 13.3. The highest BCUT2D eigenvalue weighted by Crippen LogP contribution is 2.39. The molecule has 202 valence electrons. The molecule has 2 saturated heterocycles. The van der Waals surface area contributed by atoms with Gasteiger partial charge >= 0.3 is 12.2 Å². The first-order valence-corrected chi connectivity index (χ1v) is 16.2. The molecular formula is C28H46N2O5Si. The number of nitrogens with zero attached hydrogens (tertiary/aromatic N) is 2. The fourth-order valence-corrected chi connectivity index (χ4v) is 5.50. The van der Waals surface area contributed by atoms with Gasteiger partial charge in [0.2, 0.25) is 0 Å². The summed E-state index contributed by atoms with van der Waals surface area (Å²) in [7, 11) is -1.99. The van der Waals surface area contributed by atoms with E-state index in [-0.39, 0.29) is 29.4 Å². The Morgan fingerprint density at radius 1 is 1.06 bits per heavy atom. The van der Waals surface area contributed by atoms with E-state index < -0.39 is 13.9 Å². The van der Waals surface area contributed by atoms with Crippen LogP contribution in [0.25, 0.3) is 0 Å². The van der Waals surface area contributed by atoms with Gasteiger partial charge in [-0.15, -0.1) is 0 Å². The Labute approximate surface area is 218 Å². The number of benzene rings is 1. The molecule has 0 aliphatic carbocycles. The number of hydrogen-bond acceptors (Lipinski definition) is 5. The van der Waals surface area contributed by atoms with Crippen LogP contribution in [0, 0.1) is 5.92 Å². The number of carbonyl (C=O) groups is 2. The van der Waals surface area contributed by atoms with Crippen molar-refractivity contribution in [3.05, 3.63) is 35.9 Å². The van der Waals surface area contributed by atoms with E-state index in [1.165, 1.54) is 0 Å². The van der Waals surface area contributed by atoms with Crippen LogP contribution in [0.1, 0.15) is 72.5 Å². The summed E-state index contributed by atoms with van der Waals surface area (Å²) in [5, 5.41) is 0.0889. The van der Waals surface area contributed by atoms with Gasteiger partial charge in [-0.05, 0) is 69.6 Å². The number of rotatable bonds is 7. The van der Waals surface area contributed by atoms with Gasteiger partial charge in [-0.2, -0.15) is 0 Å². The summed E-state index contributed by atoms with van der Waals surface area (Å²) in [5.41, 5.74) is 0.517. The molecule has 2 heterocycles. The number of ether oxygens (including phenoxy) is 2. The summed E-state index contributed by atoms with van der Waals surface area (Å²) in [4.78, 5) is 29.1. The number of carbonyl (C=O) groups excluding carboxylic acids is 2. The quantitative estimate of drug-likeness (QED) is 0.380. The number of likely N-dealkylation sites (tertiary alicyclic amines) is 1. The first kappa shape index (κ1) is 28.5. The molecule has 1 aromatic rings. The summed E-state index contributed by atoms with van der Waals surface area (Å²) in [6.45, 7) is 19.3.